The first-order chi connectivity index (χ1) is 18.3. The fraction of sp³-hybridized carbons (Fsp3) is 0.0357. The van der Waals surface area contributed by atoms with E-state index in [0.29, 0.717) is 38.2 Å². The molecule has 10 heteroatoms. The molecule has 0 unspecified atom stereocenters. The third-order valence-electron chi connectivity index (χ3n) is 5.49. The number of nitrogens with one attached hydrogen (secondary N) is 3. The summed E-state index contributed by atoms with van der Waals surface area (Å²) in [6.07, 6.45) is 0.675. The second kappa shape index (κ2) is 12.3. The third-order valence-corrected chi connectivity index (χ3v) is 7.14. The number of aldehydes is 1. The van der Waals surface area contributed by atoms with Crippen molar-refractivity contribution < 1.29 is 9.59 Å². The van der Waals surface area contributed by atoms with Crippen LogP contribution in [0.1, 0.15) is 20.7 Å². The minimum atomic E-state index is -0.316. The lowest BCUT2D eigenvalue weighted by molar-refractivity contribution is 0.102. The number of nitrogens with zero attached hydrogens (tertiary/aromatic N) is 1. The third kappa shape index (κ3) is 6.29. The number of rotatable bonds is 5. The normalized spacial score (nSPS) is 10.4. The second-order valence-corrected chi connectivity index (χ2v) is 9.53. The fourth-order valence-corrected chi connectivity index (χ4v) is 4.24. The summed E-state index contributed by atoms with van der Waals surface area (Å²) in [5, 5.41) is 7.24. The van der Waals surface area contributed by atoms with Crippen LogP contribution < -0.4 is 10.6 Å². The number of imidazole rings is 1. The molecule has 192 valence electrons. The van der Waals surface area contributed by atoms with Crippen molar-refractivity contribution in [2.75, 3.05) is 17.7 Å². The van der Waals surface area contributed by atoms with Gasteiger partial charge in [-0.25, -0.2) is 4.98 Å². The predicted octanol–water partition coefficient (Wildman–Crippen LogP) is 8.64. The topological polar surface area (TPSA) is 86.9 Å². The minimum absolute atomic E-state index is 0.238. The van der Waals surface area contributed by atoms with Crippen LogP contribution in [0, 0.1) is 0 Å². The molecule has 1 amide bonds. The van der Waals surface area contributed by atoms with Crippen LogP contribution in [0.15, 0.2) is 78.9 Å². The summed E-state index contributed by atoms with van der Waals surface area (Å²) in [7, 11) is 1.88. The molecular weight excluding hydrogens is 566 g/mol. The van der Waals surface area contributed by atoms with E-state index in [9.17, 15) is 9.59 Å². The summed E-state index contributed by atoms with van der Waals surface area (Å²) in [6, 6.07) is 23.3. The molecule has 0 fully saturated rings. The molecule has 1 heterocycles. The van der Waals surface area contributed by atoms with E-state index in [1.165, 1.54) is 0 Å². The molecule has 0 aliphatic heterocycles. The molecule has 0 aliphatic rings. The van der Waals surface area contributed by atoms with E-state index < -0.39 is 0 Å². The lowest BCUT2D eigenvalue weighted by Gasteiger charge is -2.08. The maximum Gasteiger partial charge on any atom is 0.257 e. The van der Waals surface area contributed by atoms with Gasteiger partial charge in [0.25, 0.3) is 5.91 Å². The molecule has 6 nitrogen and oxygen atoms in total. The molecule has 0 saturated carbocycles. The van der Waals surface area contributed by atoms with Crippen LogP contribution in [0.3, 0.4) is 0 Å². The van der Waals surface area contributed by atoms with E-state index in [2.05, 4.69) is 20.6 Å². The number of carbonyl (C=O) groups excluding carboxylic acids is 2. The van der Waals surface area contributed by atoms with Crippen molar-refractivity contribution in [3.05, 3.63) is 110 Å². The van der Waals surface area contributed by atoms with Gasteiger partial charge in [0.2, 0.25) is 0 Å². The Labute approximate surface area is 238 Å². The molecule has 5 rings (SSSR count). The Hall–Kier alpha value is -3.55. The molecule has 0 atom stereocenters. The lowest BCUT2D eigenvalue weighted by Crippen LogP contribution is -2.12. The molecule has 1 aromatic heterocycles. The molecule has 0 bridgehead atoms. The van der Waals surface area contributed by atoms with Crippen molar-refractivity contribution in [1.82, 2.24) is 9.97 Å². The highest BCUT2D eigenvalue weighted by atomic mass is 35.5. The number of hydrogen-bond acceptors (Lipinski definition) is 4. The number of benzene rings is 4. The van der Waals surface area contributed by atoms with E-state index in [1.807, 2.05) is 49.5 Å². The van der Waals surface area contributed by atoms with Crippen molar-refractivity contribution in [1.29, 1.82) is 0 Å². The number of anilines is 2. The molecule has 0 radical (unpaired) electrons. The van der Waals surface area contributed by atoms with Gasteiger partial charge in [0, 0.05) is 29.5 Å². The largest absolute Gasteiger partial charge is 0.388 e. The molecule has 0 spiro atoms. The van der Waals surface area contributed by atoms with Crippen molar-refractivity contribution >= 4 is 81.0 Å². The maximum atomic E-state index is 12.4. The van der Waals surface area contributed by atoms with Gasteiger partial charge in [-0.15, -0.1) is 0 Å². The van der Waals surface area contributed by atoms with Gasteiger partial charge < -0.3 is 15.6 Å². The molecule has 0 saturated heterocycles. The number of fused-ring (bicyclic) bond motifs is 1. The van der Waals surface area contributed by atoms with Crippen LogP contribution in [0.25, 0.3) is 22.4 Å². The molecular formula is C28H20Cl4N4O2. The SMILES string of the molecule is CNc1ccc2nc(-c3ccc(NC(=O)c4cccc(Cl)c4Cl)cc3)[nH]c2c1.O=Cc1cccc(Cl)c1Cl. The van der Waals surface area contributed by atoms with Crippen molar-refractivity contribution in [3.63, 3.8) is 0 Å². The van der Waals surface area contributed by atoms with Gasteiger partial charge in [-0.05, 0) is 60.7 Å². The number of H-pyrrole nitrogens is 1. The van der Waals surface area contributed by atoms with Gasteiger partial charge >= 0.3 is 0 Å². The first kappa shape index (κ1) is 27.5. The number of halogens is 4. The summed E-state index contributed by atoms with van der Waals surface area (Å²) >= 11 is 23.3. The van der Waals surface area contributed by atoms with E-state index in [4.69, 9.17) is 46.4 Å². The summed E-state index contributed by atoms with van der Waals surface area (Å²) in [6.45, 7) is 0. The monoisotopic (exact) mass is 584 g/mol. The number of amides is 1. The van der Waals surface area contributed by atoms with Gasteiger partial charge in [0.05, 0.1) is 36.7 Å². The Morgan fingerprint density at radius 1 is 0.842 bits per heavy atom. The zero-order chi connectivity index (χ0) is 27.2. The van der Waals surface area contributed by atoms with Crippen molar-refractivity contribution in [3.8, 4) is 11.4 Å². The maximum absolute atomic E-state index is 12.4. The number of aromatic amines is 1. The Morgan fingerprint density at radius 3 is 2.16 bits per heavy atom. The minimum Gasteiger partial charge on any atom is -0.388 e. The van der Waals surface area contributed by atoms with E-state index in [1.54, 1.807) is 36.4 Å². The Morgan fingerprint density at radius 2 is 1.50 bits per heavy atom. The summed E-state index contributed by atoms with van der Waals surface area (Å²) in [5.74, 6) is 0.447. The summed E-state index contributed by atoms with van der Waals surface area (Å²) < 4.78 is 0. The average molecular weight is 586 g/mol. The fourth-order valence-electron chi connectivity index (χ4n) is 3.50. The van der Waals surface area contributed by atoms with Crippen LogP contribution in [-0.4, -0.2) is 29.2 Å². The number of hydrogen-bond donors (Lipinski definition) is 3. The standard InChI is InChI=1S/C21H16Cl2N4O.C7H4Cl2O/c1-24-14-9-10-17-18(11-14)27-20(26-17)12-5-7-13(8-6-12)25-21(28)15-3-2-4-16(22)19(15)23;8-6-3-1-2-5(4-10)7(6)9/h2-11,24H,1H3,(H,25,28)(H,26,27);1-4H. The van der Waals surface area contributed by atoms with Crippen LogP contribution in [-0.2, 0) is 0 Å². The Bertz CT molecular complexity index is 1620. The van der Waals surface area contributed by atoms with Crippen molar-refractivity contribution in [2.45, 2.75) is 0 Å². The van der Waals surface area contributed by atoms with Gasteiger partial charge in [-0.2, -0.15) is 0 Å². The zero-order valence-electron chi connectivity index (χ0n) is 19.9. The smallest absolute Gasteiger partial charge is 0.257 e. The van der Waals surface area contributed by atoms with Crippen LogP contribution in [0.2, 0.25) is 20.1 Å². The highest BCUT2D eigenvalue weighted by molar-refractivity contribution is 6.44. The molecule has 5 aromatic rings. The molecule has 0 aliphatic carbocycles. The van der Waals surface area contributed by atoms with Crippen molar-refractivity contribution in [2.24, 2.45) is 0 Å². The molecule has 4 aromatic carbocycles. The first-order valence-electron chi connectivity index (χ1n) is 11.2. The van der Waals surface area contributed by atoms with Gasteiger partial charge in [-0.1, -0.05) is 64.6 Å². The lowest BCUT2D eigenvalue weighted by atomic mass is 10.1. The molecule has 3 N–H and O–H groups in total. The first-order valence-corrected chi connectivity index (χ1v) is 12.7. The zero-order valence-corrected chi connectivity index (χ0v) is 22.9. The highest BCUT2D eigenvalue weighted by Crippen LogP contribution is 2.28. The number of aromatic nitrogens is 2. The van der Waals surface area contributed by atoms with E-state index in [0.717, 1.165) is 28.1 Å². The van der Waals surface area contributed by atoms with Gasteiger partial charge in [0.15, 0.2) is 6.29 Å². The average Bonchev–Trinajstić information content (AvgIpc) is 3.36. The number of carbonyl (C=O) groups is 2. The van der Waals surface area contributed by atoms with E-state index in [-0.39, 0.29) is 10.9 Å². The Kier molecular flexibility index (Phi) is 8.92. The van der Waals surface area contributed by atoms with E-state index >= 15 is 0 Å². The van der Waals surface area contributed by atoms with Crippen LogP contribution in [0.4, 0.5) is 11.4 Å². The molecule has 38 heavy (non-hydrogen) atoms. The quantitative estimate of drug-likeness (QED) is 0.180. The summed E-state index contributed by atoms with van der Waals surface area (Å²) in [5.41, 5.74) is 5.18. The van der Waals surface area contributed by atoms with Gasteiger partial charge in [0.1, 0.15) is 5.82 Å². The second-order valence-electron chi connectivity index (χ2n) is 7.96. The Balaban J connectivity index is 0.000000283. The highest BCUT2D eigenvalue weighted by Gasteiger charge is 2.13. The van der Waals surface area contributed by atoms with Crippen LogP contribution >= 0.6 is 46.4 Å². The van der Waals surface area contributed by atoms with Gasteiger partial charge in [-0.3, -0.25) is 9.59 Å². The predicted molar refractivity (Wildman–Crippen MR) is 157 cm³/mol. The van der Waals surface area contributed by atoms with Crippen LogP contribution in [0.5, 0.6) is 0 Å². The summed E-state index contributed by atoms with van der Waals surface area (Å²) in [4.78, 5) is 30.6.